The van der Waals surface area contributed by atoms with Gasteiger partial charge in [-0.05, 0) is 25.1 Å². The van der Waals surface area contributed by atoms with E-state index in [1.165, 1.54) is 19.2 Å². The number of aryl methyl sites for hydroxylation is 1. The molecule has 0 aliphatic rings. The Labute approximate surface area is 165 Å². The summed E-state index contributed by atoms with van der Waals surface area (Å²) in [5.41, 5.74) is 1.39. The first-order chi connectivity index (χ1) is 14.0. The lowest BCUT2D eigenvalue weighted by molar-refractivity contribution is 0.412. The molecule has 2 heterocycles. The van der Waals surface area contributed by atoms with Crippen LogP contribution in [0, 0.1) is 6.92 Å². The van der Waals surface area contributed by atoms with E-state index in [1.54, 1.807) is 19.1 Å². The maximum absolute atomic E-state index is 12.1. The predicted octanol–water partition coefficient (Wildman–Crippen LogP) is 4.09. The molecule has 0 radical (unpaired) electrons. The molecule has 0 aliphatic carbocycles. The molecule has 2 aromatic heterocycles. The van der Waals surface area contributed by atoms with Gasteiger partial charge in [-0.15, -0.1) is 0 Å². The zero-order valence-corrected chi connectivity index (χ0v) is 15.8. The van der Waals surface area contributed by atoms with Gasteiger partial charge in [0.2, 0.25) is 11.2 Å². The Morgan fingerprint density at radius 3 is 2.55 bits per heavy atom. The number of ether oxygens (including phenoxy) is 1. The Kier molecular flexibility index (Phi) is 4.56. The minimum Gasteiger partial charge on any atom is -0.507 e. The first-order valence-corrected chi connectivity index (χ1v) is 8.85. The summed E-state index contributed by atoms with van der Waals surface area (Å²) in [5.74, 6) is 0.691. The average molecular weight is 390 g/mol. The second kappa shape index (κ2) is 7.20. The second-order valence-corrected chi connectivity index (χ2v) is 6.46. The number of phenolic OH excluding ortho intramolecular Hbond substituents is 1. The van der Waals surface area contributed by atoms with E-state index >= 15 is 0 Å². The maximum Gasteiger partial charge on any atom is 0.227 e. The summed E-state index contributed by atoms with van der Waals surface area (Å²) in [5, 5.41) is 20.7. The molecule has 0 atom stereocenters. The summed E-state index contributed by atoms with van der Waals surface area (Å²) in [6.45, 7) is 1.62. The van der Waals surface area contributed by atoms with Crippen LogP contribution in [-0.2, 0) is 0 Å². The monoisotopic (exact) mass is 390 g/mol. The van der Waals surface area contributed by atoms with Crippen molar-refractivity contribution in [2.45, 2.75) is 6.92 Å². The van der Waals surface area contributed by atoms with Crippen LogP contribution in [0.1, 0.15) is 5.76 Å². The number of methoxy groups -OCH3 is 1. The number of aromatic amines is 1. The number of hydrogen-bond acceptors (Lipinski definition) is 6. The Balaban J connectivity index is 2.00. The number of H-pyrrole nitrogens is 1. The lowest BCUT2D eigenvalue weighted by atomic mass is 10.1. The van der Waals surface area contributed by atoms with Crippen molar-refractivity contribution in [1.29, 1.82) is 0 Å². The molecule has 0 bridgehead atoms. The molecular formula is C22H18N2O5. The molecule has 146 valence electrons. The van der Waals surface area contributed by atoms with E-state index in [0.29, 0.717) is 34.3 Å². The quantitative estimate of drug-likeness (QED) is 0.484. The smallest absolute Gasteiger partial charge is 0.227 e. The molecule has 2 aromatic carbocycles. The second-order valence-electron chi connectivity index (χ2n) is 6.46. The van der Waals surface area contributed by atoms with E-state index in [4.69, 9.17) is 9.15 Å². The van der Waals surface area contributed by atoms with Gasteiger partial charge in [0.1, 0.15) is 34.5 Å². The van der Waals surface area contributed by atoms with Crippen molar-refractivity contribution in [1.82, 2.24) is 9.97 Å². The standard InChI is InChI=1S/C22H18N2O5/c1-12-10-17(26)20(27)21(29-12)19-18(13-6-4-3-5-7-13)23-22(24-19)15-11-14(28-2)8-9-16(15)25/h3-11,25,27H,1-2H3,(H,23,24). The Hall–Kier alpha value is -4.00. The fourth-order valence-corrected chi connectivity index (χ4v) is 3.07. The molecule has 0 fully saturated rings. The summed E-state index contributed by atoms with van der Waals surface area (Å²) in [6.07, 6.45) is 0. The lowest BCUT2D eigenvalue weighted by Gasteiger charge is -2.05. The van der Waals surface area contributed by atoms with Gasteiger partial charge in [0.15, 0.2) is 5.76 Å². The summed E-state index contributed by atoms with van der Waals surface area (Å²) >= 11 is 0. The molecule has 0 amide bonds. The minimum absolute atomic E-state index is 0.000582. The van der Waals surface area contributed by atoms with Crippen LogP contribution < -0.4 is 10.2 Å². The molecule has 0 unspecified atom stereocenters. The SMILES string of the molecule is COc1ccc(O)c(-c2nc(-c3ccccc3)c(-c3oc(C)cc(=O)c3O)[nH]2)c1. The van der Waals surface area contributed by atoms with Crippen molar-refractivity contribution < 1.29 is 19.4 Å². The highest BCUT2D eigenvalue weighted by Gasteiger charge is 2.23. The highest BCUT2D eigenvalue weighted by molar-refractivity contribution is 5.82. The molecule has 29 heavy (non-hydrogen) atoms. The third-order valence-electron chi connectivity index (χ3n) is 4.48. The summed E-state index contributed by atoms with van der Waals surface area (Å²) < 4.78 is 10.9. The highest BCUT2D eigenvalue weighted by atomic mass is 16.5. The van der Waals surface area contributed by atoms with Gasteiger partial charge < -0.3 is 24.4 Å². The van der Waals surface area contributed by atoms with Crippen LogP contribution in [0.25, 0.3) is 34.1 Å². The van der Waals surface area contributed by atoms with Crippen molar-refractivity contribution in [3.63, 3.8) is 0 Å². The van der Waals surface area contributed by atoms with E-state index in [1.807, 2.05) is 30.3 Å². The van der Waals surface area contributed by atoms with E-state index < -0.39 is 11.2 Å². The molecule has 7 nitrogen and oxygen atoms in total. The van der Waals surface area contributed by atoms with Gasteiger partial charge in [-0.3, -0.25) is 4.79 Å². The van der Waals surface area contributed by atoms with Crippen LogP contribution in [0.2, 0.25) is 0 Å². The number of hydrogen-bond donors (Lipinski definition) is 3. The first-order valence-electron chi connectivity index (χ1n) is 8.85. The number of imidazole rings is 1. The van der Waals surface area contributed by atoms with Crippen LogP contribution in [0.3, 0.4) is 0 Å². The van der Waals surface area contributed by atoms with Crippen LogP contribution >= 0.6 is 0 Å². The summed E-state index contributed by atoms with van der Waals surface area (Å²) in [4.78, 5) is 19.8. The fourth-order valence-electron chi connectivity index (χ4n) is 3.07. The summed E-state index contributed by atoms with van der Waals surface area (Å²) in [7, 11) is 1.53. The third-order valence-corrected chi connectivity index (χ3v) is 4.48. The van der Waals surface area contributed by atoms with E-state index in [-0.39, 0.29) is 11.5 Å². The van der Waals surface area contributed by atoms with Gasteiger partial charge in [0, 0.05) is 11.6 Å². The van der Waals surface area contributed by atoms with Gasteiger partial charge in [-0.25, -0.2) is 4.98 Å². The third kappa shape index (κ3) is 3.34. The Bertz CT molecular complexity index is 1240. The van der Waals surface area contributed by atoms with Crippen molar-refractivity contribution in [3.8, 4) is 51.3 Å². The van der Waals surface area contributed by atoms with Crippen molar-refractivity contribution in [2.24, 2.45) is 0 Å². The Morgan fingerprint density at radius 2 is 1.83 bits per heavy atom. The first kappa shape index (κ1) is 18.4. The van der Waals surface area contributed by atoms with E-state index in [9.17, 15) is 15.0 Å². The molecular weight excluding hydrogens is 372 g/mol. The van der Waals surface area contributed by atoms with Gasteiger partial charge in [-0.1, -0.05) is 30.3 Å². The number of phenols is 1. The fraction of sp³-hybridized carbons (Fsp3) is 0.0909. The van der Waals surface area contributed by atoms with Crippen molar-refractivity contribution >= 4 is 0 Å². The number of benzene rings is 2. The zero-order valence-electron chi connectivity index (χ0n) is 15.8. The topological polar surface area (TPSA) is 109 Å². The zero-order chi connectivity index (χ0) is 20.5. The molecule has 0 aliphatic heterocycles. The van der Waals surface area contributed by atoms with Crippen LogP contribution in [0.4, 0.5) is 0 Å². The number of aromatic nitrogens is 2. The molecule has 0 saturated carbocycles. The predicted molar refractivity (Wildman–Crippen MR) is 108 cm³/mol. The van der Waals surface area contributed by atoms with Crippen LogP contribution in [0.15, 0.2) is 63.8 Å². The van der Waals surface area contributed by atoms with Gasteiger partial charge in [0.25, 0.3) is 0 Å². The van der Waals surface area contributed by atoms with E-state index in [0.717, 1.165) is 5.56 Å². The maximum atomic E-state index is 12.1. The average Bonchev–Trinajstić information content (AvgIpc) is 3.16. The summed E-state index contributed by atoms with van der Waals surface area (Å²) in [6, 6.07) is 15.3. The molecule has 7 heteroatoms. The molecule has 4 rings (SSSR count). The van der Waals surface area contributed by atoms with Crippen LogP contribution in [-0.4, -0.2) is 27.3 Å². The molecule has 0 saturated heterocycles. The highest BCUT2D eigenvalue weighted by Crippen LogP contribution is 2.38. The van der Waals surface area contributed by atoms with Crippen molar-refractivity contribution in [2.75, 3.05) is 7.11 Å². The molecule has 3 N–H and O–H groups in total. The van der Waals surface area contributed by atoms with Crippen molar-refractivity contribution in [3.05, 3.63) is 70.6 Å². The van der Waals surface area contributed by atoms with Gasteiger partial charge in [0.05, 0.1) is 12.7 Å². The lowest BCUT2D eigenvalue weighted by Crippen LogP contribution is -2.01. The number of nitrogens with zero attached hydrogens (tertiary/aromatic N) is 1. The van der Waals surface area contributed by atoms with Crippen LogP contribution in [0.5, 0.6) is 17.2 Å². The number of aromatic hydroxyl groups is 2. The number of nitrogens with one attached hydrogen (secondary N) is 1. The molecule has 0 spiro atoms. The normalized spacial score (nSPS) is 10.8. The minimum atomic E-state index is -0.553. The van der Waals surface area contributed by atoms with Gasteiger partial charge >= 0.3 is 0 Å². The largest absolute Gasteiger partial charge is 0.507 e. The Morgan fingerprint density at radius 1 is 1.07 bits per heavy atom. The van der Waals surface area contributed by atoms with E-state index in [2.05, 4.69) is 9.97 Å². The number of rotatable bonds is 4. The van der Waals surface area contributed by atoms with Gasteiger partial charge in [-0.2, -0.15) is 0 Å². The molecule has 4 aromatic rings.